The van der Waals surface area contributed by atoms with Crippen molar-refractivity contribution in [1.82, 2.24) is 5.32 Å². The van der Waals surface area contributed by atoms with Gasteiger partial charge < -0.3 is 11.1 Å². The van der Waals surface area contributed by atoms with Crippen LogP contribution in [0.3, 0.4) is 0 Å². The lowest BCUT2D eigenvalue weighted by molar-refractivity contribution is 0.542. The first-order valence-corrected chi connectivity index (χ1v) is 7.35. The van der Waals surface area contributed by atoms with Crippen LogP contribution in [0.5, 0.6) is 0 Å². The maximum absolute atomic E-state index is 6.16. The standard InChI is InChI=1S/C16H24N2/c1-11(18-10-12-5-6-12)13-7-8-15-14(9-13)3-2-4-16(15)17/h7-9,11-12,16,18H,2-6,10,17H2,1H3. The van der Waals surface area contributed by atoms with E-state index < -0.39 is 0 Å². The molecule has 18 heavy (non-hydrogen) atoms. The summed E-state index contributed by atoms with van der Waals surface area (Å²) >= 11 is 0. The van der Waals surface area contributed by atoms with E-state index in [9.17, 15) is 0 Å². The van der Waals surface area contributed by atoms with Gasteiger partial charge in [0.2, 0.25) is 0 Å². The highest BCUT2D eigenvalue weighted by atomic mass is 14.9. The fourth-order valence-electron chi connectivity index (χ4n) is 2.92. The van der Waals surface area contributed by atoms with Gasteiger partial charge in [-0.2, -0.15) is 0 Å². The molecule has 1 aromatic carbocycles. The number of nitrogens with one attached hydrogen (secondary N) is 1. The molecule has 2 unspecified atom stereocenters. The zero-order valence-corrected chi connectivity index (χ0v) is 11.3. The second-order valence-electron chi connectivity index (χ2n) is 6.03. The third kappa shape index (κ3) is 2.60. The number of benzene rings is 1. The smallest absolute Gasteiger partial charge is 0.0297 e. The third-order valence-electron chi connectivity index (χ3n) is 4.44. The lowest BCUT2D eigenvalue weighted by atomic mass is 9.86. The minimum atomic E-state index is 0.262. The first-order chi connectivity index (χ1) is 8.74. The molecule has 2 nitrogen and oxygen atoms in total. The normalized spacial score (nSPS) is 24.7. The minimum absolute atomic E-state index is 0.262. The van der Waals surface area contributed by atoms with Crippen molar-refractivity contribution in [3.05, 3.63) is 34.9 Å². The molecule has 98 valence electrons. The molecule has 2 atom stereocenters. The van der Waals surface area contributed by atoms with Crippen molar-refractivity contribution in [2.24, 2.45) is 11.7 Å². The Morgan fingerprint density at radius 2 is 2.17 bits per heavy atom. The van der Waals surface area contributed by atoms with Crippen LogP contribution in [-0.4, -0.2) is 6.54 Å². The number of aryl methyl sites for hydroxylation is 1. The van der Waals surface area contributed by atoms with Gasteiger partial charge in [-0.05, 0) is 68.2 Å². The van der Waals surface area contributed by atoms with Gasteiger partial charge in [0.1, 0.15) is 0 Å². The van der Waals surface area contributed by atoms with Gasteiger partial charge in [-0.3, -0.25) is 0 Å². The summed E-state index contributed by atoms with van der Waals surface area (Å²) in [5.74, 6) is 0.943. The van der Waals surface area contributed by atoms with E-state index in [1.807, 2.05) is 0 Å². The van der Waals surface area contributed by atoms with Crippen LogP contribution in [0.2, 0.25) is 0 Å². The summed E-state index contributed by atoms with van der Waals surface area (Å²) in [6.07, 6.45) is 6.41. The van der Waals surface area contributed by atoms with E-state index in [0.29, 0.717) is 6.04 Å². The zero-order chi connectivity index (χ0) is 12.5. The summed E-state index contributed by atoms with van der Waals surface area (Å²) in [6, 6.07) is 7.61. The molecule has 0 spiro atoms. The van der Waals surface area contributed by atoms with Crippen molar-refractivity contribution < 1.29 is 0 Å². The van der Waals surface area contributed by atoms with Gasteiger partial charge in [-0.15, -0.1) is 0 Å². The van der Waals surface area contributed by atoms with Crippen LogP contribution in [0.15, 0.2) is 18.2 Å². The fraction of sp³-hybridized carbons (Fsp3) is 0.625. The zero-order valence-electron chi connectivity index (χ0n) is 11.3. The van der Waals surface area contributed by atoms with E-state index in [4.69, 9.17) is 5.73 Å². The predicted molar refractivity (Wildman–Crippen MR) is 75.5 cm³/mol. The summed E-state index contributed by atoms with van der Waals surface area (Å²) in [6.45, 7) is 3.45. The molecule has 0 bridgehead atoms. The molecule has 2 heteroatoms. The molecule has 0 aliphatic heterocycles. The topological polar surface area (TPSA) is 38.0 Å². The van der Waals surface area contributed by atoms with E-state index in [-0.39, 0.29) is 6.04 Å². The van der Waals surface area contributed by atoms with E-state index in [1.54, 1.807) is 0 Å². The Morgan fingerprint density at radius 3 is 2.94 bits per heavy atom. The average molecular weight is 244 g/mol. The van der Waals surface area contributed by atoms with Crippen molar-refractivity contribution in [1.29, 1.82) is 0 Å². The quantitative estimate of drug-likeness (QED) is 0.854. The molecule has 2 aliphatic carbocycles. The number of fused-ring (bicyclic) bond motifs is 1. The number of hydrogen-bond donors (Lipinski definition) is 2. The summed E-state index contributed by atoms with van der Waals surface area (Å²) in [5.41, 5.74) is 10.4. The molecular formula is C16H24N2. The molecule has 0 saturated heterocycles. The van der Waals surface area contributed by atoms with E-state index in [1.165, 1.54) is 48.9 Å². The van der Waals surface area contributed by atoms with Gasteiger partial charge in [0.05, 0.1) is 0 Å². The SMILES string of the molecule is CC(NCC1CC1)c1ccc2c(c1)CCCC2N. The molecule has 3 N–H and O–H groups in total. The van der Waals surface area contributed by atoms with Gasteiger partial charge in [0.25, 0.3) is 0 Å². The number of rotatable bonds is 4. The van der Waals surface area contributed by atoms with Crippen molar-refractivity contribution in [3.8, 4) is 0 Å². The Bertz CT molecular complexity index is 423. The molecular weight excluding hydrogens is 220 g/mol. The van der Waals surface area contributed by atoms with Gasteiger partial charge in [0.15, 0.2) is 0 Å². The van der Waals surface area contributed by atoms with Gasteiger partial charge in [0, 0.05) is 12.1 Å². The first-order valence-electron chi connectivity index (χ1n) is 7.35. The van der Waals surface area contributed by atoms with Gasteiger partial charge >= 0.3 is 0 Å². The van der Waals surface area contributed by atoms with Crippen molar-refractivity contribution in [2.75, 3.05) is 6.54 Å². The highest BCUT2D eigenvalue weighted by Crippen LogP contribution is 2.31. The summed E-state index contributed by atoms with van der Waals surface area (Å²) in [4.78, 5) is 0. The Morgan fingerprint density at radius 1 is 1.33 bits per heavy atom. The highest BCUT2D eigenvalue weighted by Gasteiger charge is 2.22. The monoisotopic (exact) mass is 244 g/mol. The summed E-state index contributed by atoms with van der Waals surface area (Å²) in [7, 11) is 0. The first kappa shape index (κ1) is 12.2. The molecule has 2 aliphatic rings. The van der Waals surface area contributed by atoms with Gasteiger partial charge in [-0.25, -0.2) is 0 Å². The maximum Gasteiger partial charge on any atom is 0.0297 e. The van der Waals surface area contributed by atoms with Gasteiger partial charge in [-0.1, -0.05) is 18.2 Å². The largest absolute Gasteiger partial charge is 0.324 e. The van der Waals surface area contributed by atoms with E-state index in [2.05, 4.69) is 30.4 Å². The molecule has 1 fully saturated rings. The third-order valence-corrected chi connectivity index (χ3v) is 4.44. The highest BCUT2D eigenvalue weighted by molar-refractivity contribution is 5.37. The van der Waals surface area contributed by atoms with Crippen molar-refractivity contribution in [2.45, 2.75) is 51.1 Å². The molecule has 3 rings (SSSR count). The molecule has 0 radical (unpaired) electrons. The maximum atomic E-state index is 6.16. The Hall–Kier alpha value is -0.860. The molecule has 1 saturated carbocycles. The average Bonchev–Trinajstić information content (AvgIpc) is 3.20. The van der Waals surface area contributed by atoms with Crippen molar-refractivity contribution in [3.63, 3.8) is 0 Å². The second-order valence-corrected chi connectivity index (χ2v) is 6.03. The van der Waals surface area contributed by atoms with Crippen LogP contribution in [0.25, 0.3) is 0 Å². The van der Waals surface area contributed by atoms with E-state index in [0.717, 1.165) is 12.3 Å². The lowest BCUT2D eigenvalue weighted by Gasteiger charge is -2.24. The number of nitrogens with two attached hydrogens (primary N) is 1. The fourth-order valence-corrected chi connectivity index (χ4v) is 2.92. The van der Waals surface area contributed by atoms with Crippen LogP contribution in [-0.2, 0) is 6.42 Å². The molecule has 1 aromatic rings. The number of hydrogen-bond acceptors (Lipinski definition) is 2. The Labute approximate surface area is 110 Å². The van der Waals surface area contributed by atoms with Crippen LogP contribution in [0.1, 0.15) is 61.4 Å². The Kier molecular flexibility index (Phi) is 3.40. The summed E-state index contributed by atoms with van der Waals surface area (Å²) in [5, 5.41) is 3.65. The second kappa shape index (κ2) is 5.02. The molecule has 0 amide bonds. The lowest BCUT2D eigenvalue weighted by Crippen LogP contribution is -2.22. The van der Waals surface area contributed by atoms with Crippen LogP contribution in [0, 0.1) is 5.92 Å². The molecule has 0 aromatic heterocycles. The summed E-state index contributed by atoms with van der Waals surface area (Å²) < 4.78 is 0. The van der Waals surface area contributed by atoms with Crippen LogP contribution >= 0.6 is 0 Å². The molecule has 0 heterocycles. The predicted octanol–water partition coefficient (Wildman–Crippen LogP) is 3.08. The van der Waals surface area contributed by atoms with Crippen molar-refractivity contribution >= 4 is 0 Å². The van der Waals surface area contributed by atoms with E-state index >= 15 is 0 Å². The van der Waals surface area contributed by atoms with Crippen LogP contribution in [0.4, 0.5) is 0 Å². The van der Waals surface area contributed by atoms with Crippen LogP contribution < -0.4 is 11.1 Å². The Balaban J connectivity index is 1.71. The minimum Gasteiger partial charge on any atom is -0.324 e.